The minimum absolute atomic E-state index is 0.161. The lowest BCUT2D eigenvalue weighted by Crippen LogP contribution is -2.33. The zero-order valence-electron chi connectivity index (χ0n) is 9.25. The van der Waals surface area contributed by atoms with Crippen molar-refractivity contribution in [3.63, 3.8) is 0 Å². The first kappa shape index (κ1) is 10.5. The Morgan fingerprint density at radius 2 is 2.33 bits per heavy atom. The quantitative estimate of drug-likeness (QED) is 0.800. The van der Waals surface area contributed by atoms with Gasteiger partial charge < -0.3 is 14.8 Å². The zero-order valence-corrected chi connectivity index (χ0v) is 9.25. The maximum absolute atomic E-state index is 5.73. The first-order valence-corrected chi connectivity index (χ1v) is 5.28. The molecule has 3 heteroatoms. The Balaban J connectivity index is 2.26. The van der Waals surface area contributed by atoms with Crippen LogP contribution >= 0.6 is 0 Å². The van der Waals surface area contributed by atoms with E-state index in [1.165, 1.54) is 11.1 Å². The summed E-state index contributed by atoms with van der Waals surface area (Å²) in [6.07, 6.45) is 0.161. The molecule has 1 aromatic rings. The van der Waals surface area contributed by atoms with E-state index in [0.717, 1.165) is 25.4 Å². The second-order valence-corrected chi connectivity index (χ2v) is 3.74. The molecule has 1 N–H and O–H groups in total. The third-order valence-corrected chi connectivity index (χ3v) is 2.82. The molecule has 1 saturated heterocycles. The van der Waals surface area contributed by atoms with Crippen LogP contribution < -0.4 is 10.1 Å². The van der Waals surface area contributed by atoms with E-state index in [1.54, 1.807) is 7.11 Å². The highest BCUT2D eigenvalue weighted by Gasteiger charge is 2.18. The number of nitrogens with one attached hydrogen (secondary N) is 1. The van der Waals surface area contributed by atoms with Crippen molar-refractivity contribution in [2.24, 2.45) is 0 Å². The molecule has 2 rings (SSSR count). The summed E-state index contributed by atoms with van der Waals surface area (Å²) in [5.41, 5.74) is 2.40. The molecule has 1 unspecified atom stereocenters. The smallest absolute Gasteiger partial charge is 0.122 e. The van der Waals surface area contributed by atoms with Crippen LogP contribution in [0.4, 0.5) is 0 Å². The van der Waals surface area contributed by atoms with Crippen LogP contribution in [-0.4, -0.2) is 26.8 Å². The van der Waals surface area contributed by atoms with Gasteiger partial charge in [0.05, 0.1) is 19.8 Å². The summed E-state index contributed by atoms with van der Waals surface area (Å²) >= 11 is 0. The fourth-order valence-corrected chi connectivity index (χ4v) is 1.97. The van der Waals surface area contributed by atoms with Crippen LogP contribution in [0, 0.1) is 6.92 Å². The van der Waals surface area contributed by atoms with Gasteiger partial charge in [0, 0.05) is 13.1 Å². The number of methoxy groups -OCH3 is 1. The number of rotatable bonds is 2. The van der Waals surface area contributed by atoms with Gasteiger partial charge in [-0.25, -0.2) is 0 Å². The van der Waals surface area contributed by atoms with E-state index in [0.29, 0.717) is 0 Å². The van der Waals surface area contributed by atoms with Crippen LogP contribution in [-0.2, 0) is 4.74 Å². The molecule has 3 nitrogen and oxygen atoms in total. The second-order valence-electron chi connectivity index (χ2n) is 3.74. The van der Waals surface area contributed by atoms with Gasteiger partial charge in [-0.1, -0.05) is 12.1 Å². The van der Waals surface area contributed by atoms with Crippen molar-refractivity contribution in [3.8, 4) is 5.75 Å². The van der Waals surface area contributed by atoms with E-state index in [2.05, 4.69) is 18.3 Å². The molecule has 1 aromatic carbocycles. The first-order valence-electron chi connectivity index (χ1n) is 5.28. The third-order valence-electron chi connectivity index (χ3n) is 2.82. The fourth-order valence-electron chi connectivity index (χ4n) is 1.97. The molecule has 1 heterocycles. The molecular weight excluding hydrogens is 190 g/mol. The average Bonchev–Trinajstić information content (AvgIpc) is 2.30. The molecule has 0 amide bonds. The standard InChI is InChI=1S/C12H17NO2/c1-9-10(4-3-5-11(9)14-2)12-8-13-6-7-15-12/h3-5,12-13H,6-8H2,1-2H3. The van der Waals surface area contributed by atoms with Crippen molar-refractivity contribution in [1.82, 2.24) is 5.32 Å². The van der Waals surface area contributed by atoms with E-state index in [1.807, 2.05) is 12.1 Å². The van der Waals surface area contributed by atoms with Gasteiger partial charge in [-0.15, -0.1) is 0 Å². The predicted molar refractivity (Wildman–Crippen MR) is 59.3 cm³/mol. The maximum atomic E-state index is 5.73. The molecule has 0 spiro atoms. The molecule has 0 aromatic heterocycles. The van der Waals surface area contributed by atoms with Gasteiger partial charge in [0.25, 0.3) is 0 Å². The average molecular weight is 207 g/mol. The summed E-state index contributed by atoms with van der Waals surface area (Å²) in [5.74, 6) is 0.932. The number of ether oxygens (including phenoxy) is 2. The van der Waals surface area contributed by atoms with Crippen LogP contribution in [0.25, 0.3) is 0 Å². The molecule has 0 radical (unpaired) electrons. The Kier molecular flexibility index (Phi) is 3.23. The molecule has 0 saturated carbocycles. The monoisotopic (exact) mass is 207 g/mol. The molecule has 1 aliphatic rings. The van der Waals surface area contributed by atoms with E-state index >= 15 is 0 Å². The number of hydrogen-bond donors (Lipinski definition) is 1. The molecule has 1 fully saturated rings. The zero-order chi connectivity index (χ0) is 10.7. The van der Waals surface area contributed by atoms with Gasteiger partial charge in [0.2, 0.25) is 0 Å². The number of hydrogen-bond acceptors (Lipinski definition) is 3. The van der Waals surface area contributed by atoms with Gasteiger partial charge in [-0.3, -0.25) is 0 Å². The summed E-state index contributed by atoms with van der Waals surface area (Å²) in [5, 5.41) is 3.33. The Labute approximate surface area is 90.4 Å². The topological polar surface area (TPSA) is 30.5 Å². The van der Waals surface area contributed by atoms with Crippen LogP contribution in [0.2, 0.25) is 0 Å². The summed E-state index contributed by atoms with van der Waals surface area (Å²) in [6, 6.07) is 6.10. The number of benzene rings is 1. The van der Waals surface area contributed by atoms with Crippen molar-refractivity contribution in [2.75, 3.05) is 26.8 Å². The lowest BCUT2D eigenvalue weighted by atomic mass is 10.0. The largest absolute Gasteiger partial charge is 0.496 e. The van der Waals surface area contributed by atoms with E-state index in [9.17, 15) is 0 Å². The fraction of sp³-hybridized carbons (Fsp3) is 0.500. The Morgan fingerprint density at radius 3 is 3.00 bits per heavy atom. The van der Waals surface area contributed by atoms with Crippen molar-refractivity contribution in [3.05, 3.63) is 29.3 Å². The van der Waals surface area contributed by atoms with Crippen molar-refractivity contribution in [2.45, 2.75) is 13.0 Å². The molecule has 0 bridgehead atoms. The van der Waals surface area contributed by atoms with Crippen LogP contribution in [0.15, 0.2) is 18.2 Å². The van der Waals surface area contributed by atoms with Crippen LogP contribution in [0.5, 0.6) is 5.75 Å². The van der Waals surface area contributed by atoms with Crippen LogP contribution in [0.3, 0.4) is 0 Å². The molecule has 82 valence electrons. The highest BCUT2D eigenvalue weighted by molar-refractivity contribution is 5.40. The third kappa shape index (κ3) is 2.13. The van der Waals surface area contributed by atoms with Crippen molar-refractivity contribution in [1.29, 1.82) is 0 Å². The van der Waals surface area contributed by atoms with Crippen molar-refractivity contribution < 1.29 is 9.47 Å². The van der Waals surface area contributed by atoms with Gasteiger partial charge in [0.15, 0.2) is 0 Å². The predicted octanol–water partition coefficient (Wildman–Crippen LogP) is 1.66. The van der Waals surface area contributed by atoms with Crippen molar-refractivity contribution >= 4 is 0 Å². The summed E-state index contributed by atoms with van der Waals surface area (Å²) in [7, 11) is 1.70. The number of morpholine rings is 1. The van der Waals surface area contributed by atoms with E-state index < -0.39 is 0 Å². The lowest BCUT2D eigenvalue weighted by molar-refractivity contribution is 0.0272. The second kappa shape index (κ2) is 4.64. The first-order chi connectivity index (χ1) is 7.33. The molecule has 0 aliphatic carbocycles. The summed E-state index contributed by atoms with van der Waals surface area (Å²) in [4.78, 5) is 0. The Morgan fingerprint density at radius 1 is 1.47 bits per heavy atom. The minimum Gasteiger partial charge on any atom is -0.496 e. The lowest BCUT2D eigenvalue weighted by Gasteiger charge is -2.25. The summed E-state index contributed by atoms with van der Waals surface area (Å²) < 4.78 is 11.0. The van der Waals surface area contributed by atoms with Gasteiger partial charge >= 0.3 is 0 Å². The highest BCUT2D eigenvalue weighted by atomic mass is 16.5. The SMILES string of the molecule is COc1cccc(C2CNCCO2)c1C. The molecular formula is C12H17NO2. The van der Waals surface area contributed by atoms with E-state index in [4.69, 9.17) is 9.47 Å². The normalized spacial score (nSPS) is 21.3. The Bertz CT molecular complexity index is 332. The van der Waals surface area contributed by atoms with Gasteiger partial charge in [-0.2, -0.15) is 0 Å². The molecule has 1 aliphatic heterocycles. The highest BCUT2D eigenvalue weighted by Crippen LogP contribution is 2.28. The van der Waals surface area contributed by atoms with Gasteiger partial charge in [0.1, 0.15) is 5.75 Å². The Hall–Kier alpha value is -1.06. The van der Waals surface area contributed by atoms with E-state index in [-0.39, 0.29) is 6.10 Å². The molecule has 15 heavy (non-hydrogen) atoms. The van der Waals surface area contributed by atoms with Crippen LogP contribution in [0.1, 0.15) is 17.2 Å². The maximum Gasteiger partial charge on any atom is 0.122 e. The molecule has 1 atom stereocenters. The summed E-state index contributed by atoms with van der Waals surface area (Å²) in [6.45, 7) is 4.68. The minimum atomic E-state index is 0.161. The van der Waals surface area contributed by atoms with Gasteiger partial charge in [-0.05, 0) is 24.1 Å².